The number of likely N-dealkylation sites (N-methyl/N-ethyl adjacent to an activating group) is 1. The molecule has 0 amide bonds. The second kappa shape index (κ2) is 10.4. The SMILES string of the molecule is C.C[N+]1(C)C2C=C[C@@H]1CC(OC(=O)C(O)(c1ccc(Cl)c(Cl)c1)c1ccc(Cl)c(Cl)c1)C2.[Br-]. The van der Waals surface area contributed by atoms with Crippen molar-refractivity contribution in [3.05, 3.63) is 79.8 Å². The predicted octanol–water partition coefficient (Wildman–Crippen LogP) is 3.27. The number of carbonyl (C=O) groups is 1. The van der Waals surface area contributed by atoms with Crippen molar-refractivity contribution in [1.82, 2.24) is 0 Å². The number of benzene rings is 2. The van der Waals surface area contributed by atoms with Crippen LogP contribution in [0.1, 0.15) is 31.4 Å². The summed E-state index contributed by atoms with van der Waals surface area (Å²) in [7, 11) is 4.35. The molecule has 9 heteroatoms. The highest BCUT2D eigenvalue weighted by Gasteiger charge is 2.49. The highest BCUT2D eigenvalue weighted by molar-refractivity contribution is 6.42. The number of nitrogens with zero attached hydrogens (tertiary/aromatic N) is 1. The first-order valence-corrected chi connectivity index (χ1v) is 11.4. The Morgan fingerprint density at radius 2 is 1.33 bits per heavy atom. The first-order chi connectivity index (χ1) is 14.5. The van der Waals surface area contributed by atoms with E-state index >= 15 is 0 Å². The van der Waals surface area contributed by atoms with E-state index in [1.165, 1.54) is 24.3 Å². The van der Waals surface area contributed by atoms with Crippen LogP contribution in [0, 0.1) is 0 Å². The molecule has 4 nitrogen and oxygen atoms in total. The molecule has 2 heterocycles. The lowest BCUT2D eigenvalue weighted by Crippen LogP contribution is -3.00. The fourth-order valence-electron chi connectivity index (χ4n) is 4.46. The maximum Gasteiger partial charge on any atom is 0.347 e. The van der Waals surface area contributed by atoms with Gasteiger partial charge in [0.1, 0.15) is 18.2 Å². The van der Waals surface area contributed by atoms with Crippen molar-refractivity contribution in [3.63, 3.8) is 0 Å². The van der Waals surface area contributed by atoms with E-state index in [4.69, 9.17) is 51.1 Å². The third-order valence-electron chi connectivity index (χ3n) is 6.52. The van der Waals surface area contributed by atoms with Gasteiger partial charge in [0.2, 0.25) is 5.60 Å². The third kappa shape index (κ3) is 5.11. The number of piperidine rings is 1. The number of halogens is 5. The van der Waals surface area contributed by atoms with E-state index < -0.39 is 11.6 Å². The van der Waals surface area contributed by atoms with Gasteiger partial charge in [-0.25, -0.2) is 4.79 Å². The highest BCUT2D eigenvalue weighted by Crippen LogP contribution is 2.40. The normalized spacial score (nSPS) is 22.8. The van der Waals surface area contributed by atoms with E-state index in [0.717, 1.165) is 4.48 Å². The largest absolute Gasteiger partial charge is 1.00 e. The van der Waals surface area contributed by atoms with E-state index in [1.807, 2.05) is 0 Å². The number of aliphatic hydroxyl groups is 1. The molecule has 0 aromatic heterocycles. The minimum atomic E-state index is -2.13. The molecule has 180 valence electrons. The van der Waals surface area contributed by atoms with Gasteiger partial charge in [0.25, 0.3) is 0 Å². The maximum absolute atomic E-state index is 13.5. The molecule has 1 saturated heterocycles. The minimum absolute atomic E-state index is 0. The van der Waals surface area contributed by atoms with Crippen LogP contribution >= 0.6 is 46.4 Å². The van der Waals surface area contributed by atoms with Crippen molar-refractivity contribution in [2.75, 3.05) is 14.1 Å². The van der Waals surface area contributed by atoms with E-state index in [-0.39, 0.29) is 63.8 Å². The van der Waals surface area contributed by atoms with Gasteiger partial charge in [0, 0.05) is 24.0 Å². The number of hydrogen-bond acceptors (Lipinski definition) is 3. The minimum Gasteiger partial charge on any atom is -1.00 e. The molecular weight excluding hydrogens is 572 g/mol. The van der Waals surface area contributed by atoms with Gasteiger partial charge in [-0.05, 0) is 36.4 Å². The summed E-state index contributed by atoms with van der Waals surface area (Å²) >= 11 is 24.5. The molecule has 1 N–H and O–H groups in total. The van der Waals surface area contributed by atoms with E-state index in [9.17, 15) is 9.90 Å². The Morgan fingerprint density at radius 3 is 1.73 bits per heavy atom. The van der Waals surface area contributed by atoms with Crippen LogP contribution in [0.15, 0.2) is 48.6 Å². The molecule has 2 aliphatic heterocycles. The smallest absolute Gasteiger partial charge is 0.347 e. The molecule has 4 rings (SSSR count). The van der Waals surface area contributed by atoms with Crippen LogP contribution in [0.3, 0.4) is 0 Å². The number of fused-ring (bicyclic) bond motifs is 2. The molecule has 3 atom stereocenters. The molecule has 0 spiro atoms. The van der Waals surface area contributed by atoms with Crippen LogP contribution in [-0.2, 0) is 15.1 Å². The van der Waals surface area contributed by atoms with Gasteiger partial charge >= 0.3 is 5.97 Å². The molecule has 2 bridgehead atoms. The molecule has 1 fully saturated rings. The fraction of sp³-hybridized carbons (Fsp3) is 0.375. The molecule has 33 heavy (non-hydrogen) atoms. The molecule has 0 radical (unpaired) electrons. The number of ether oxygens (including phenoxy) is 1. The summed E-state index contributed by atoms with van der Waals surface area (Å²) in [6, 6.07) is 9.59. The predicted molar refractivity (Wildman–Crippen MR) is 131 cm³/mol. The van der Waals surface area contributed by atoms with Gasteiger partial charge in [-0.15, -0.1) is 0 Å². The molecule has 2 unspecified atom stereocenters. The molecular formula is C24H26BrCl4NO3. The summed E-state index contributed by atoms with van der Waals surface area (Å²) in [6.07, 6.45) is 5.42. The number of carbonyl (C=O) groups excluding carboxylic acids is 1. The van der Waals surface area contributed by atoms with Crippen LogP contribution in [0.2, 0.25) is 20.1 Å². The van der Waals surface area contributed by atoms with Crippen molar-refractivity contribution < 1.29 is 36.1 Å². The van der Waals surface area contributed by atoms with Gasteiger partial charge in [0.15, 0.2) is 0 Å². The monoisotopic (exact) mass is 595 g/mol. The van der Waals surface area contributed by atoms with Crippen LogP contribution in [0.5, 0.6) is 0 Å². The highest BCUT2D eigenvalue weighted by atomic mass is 79.9. The van der Waals surface area contributed by atoms with E-state index in [0.29, 0.717) is 22.9 Å². The summed E-state index contributed by atoms with van der Waals surface area (Å²) in [5.41, 5.74) is -1.66. The quantitative estimate of drug-likeness (QED) is 0.334. The summed E-state index contributed by atoms with van der Waals surface area (Å²) < 4.78 is 6.73. The van der Waals surface area contributed by atoms with Gasteiger partial charge in [0.05, 0.1) is 34.2 Å². The van der Waals surface area contributed by atoms with Crippen LogP contribution in [0.4, 0.5) is 0 Å². The first-order valence-electron chi connectivity index (χ1n) is 9.89. The zero-order valence-corrected chi connectivity index (χ0v) is 22.0. The van der Waals surface area contributed by atoms with E-state index in [1.54, 1.807) is 12.1 Å². The van der Waals surface area contributed by atoms with Crippen molar-refractivity contribution in [2.45, 2.75) is 44.1 Å². The van der Waals surface area contributed by atoms with Crippen LogP contribution in [0.25, 0.3) is 0 Å². The maximum atomic E-state index is 13.5. The van der Waals surface area contributed by atoms with Crippen molar-refractivity contribution in [2.24, 2.45) is 0 Å². The van der Waals surface area contributed by atoms with Crippen molar-refractivity contribution in [1.29, 1.82) is 0 Å². The second-order valence-electron chi connectivity index (χ2n) is 8.62. The number of quaternary nitrogens is 1. The van der Waals surface area contributed by atoms with Crippen molar-refractivity contribution >= 4 is 52.4 Å². The lowest BCUT2D eigenvalue weighted by Gasteiger charge is -2.44. The summed E-state index contributed by atoms with van der Waals surface area (Å²) in [5, 5.41) is 12.8. The standard InChI is InChI=1S/C23H22Cl4NO3.CH4.BrH/c1-28(2)15-5-6-16(28)12-17(11-15)31-22(29)23(30,13-3-7-18(24)20(26)9-13)14-4-8-19(25)21(27)10-14;;/h3-10,15-17,30H,11-12H2,1-2H3;1H4;1H/q+1;;/p-1/t15-,16?,17?;;/m1../s1. The van der Waals surface area contributed by atoms with Crippen LogP contribution < -0.4 is 17.0 Å². The molecule has 2 aromatic carbocycles. The summed E-state index contributed by atoms with van der Waals surface area (Å²) in [4.78, 5) is 13.5. The van der Waals surface area contributed by atoms with Gasteiger partial charge in [-0.1, -0.05) is 66.0 Å². The average molecular weight is 598 g/mol. The number of hydrogen-bond donors (Lipinski definition) is 1. The first kappa shape index (κ1) is 28.4. The Balaban J connectivity index is 0.00000193. The average Bonchev–Trinajstić information content (AvgIpc) is 2.88. The van der Waals surface area contributed by atoms with Gasteiger partial charge < -0.3 is 31.3 Å². The molecule has 0 saturated carbocycles. The molecule has 2 aromatic rings. The van der Waals surface area contributed by atoms with Crippen LogP contribution in [-0.4, -0.2) is 47.8 Å². The number of esters is 1. The second-order valence-corrected chi connectivity index (χ2v) is 10.2. The zero-order chi connectivity index (χ0) is 22.6. The van der Waals surface area contributed by atoms with Gasteiger partial charge in [-0.3, -0.25) is 0 Å². The Morgan fingerprint density at radius 1 is 0.909 bits per heavy atom. The Kier molecular flexibility index (Phi) is 9.01. The van der Waals surface area contributed by atoms with Gasteiger partial charge in [-0.2, -0.15) is 0 Å². The molecule has 0 aliphatic carbocycles. The third-order valence-corrected chi connectivity index (χ3v) is 8.00. The Bertz CT molecular complexity index is 1010. The summed E-state index contributed by atoms with van der Waals surface area (Å²) in [5.74, 6) is -0.791. The topological polar surface area (TPSA) is 46.5 Å². The Hall–Kier alpha value is -0.790. The Labute approximate surface area is 225 Å². The lowest BCUT2D eigenvalue weighted by atomic mass is 9.86. The number of rotatable bonds is 4. The lowest BCUT2D eigenvalue weighted by molar-refractivity contribution is -0.926. The fourth-order valence-corrected chi connectivity index (χ4v) is 5.06. The zero-order valence-electron chi connectivity index (χ0n) is 17.4. The van der Waals surface area contributed by atoms with E-state index in [2.05, 4.69) is 26.2 Å². The van der Waals surface area contributed by atoms with Crippen molar-refractivity contribution in [3.8, 4) is 0 Å². The summed E-state index contributed by atoms with van der Waals surface area (Å²) in [6.45, 7) is 0. The molecule has 2 aliphatic rings.